The van der Waals surface area contributed by atoms with Crippen LogP contribution in [0.4, 0.5) is 5.69 Å². The van der Waals surface area contributed by atoms with E-state index in [0.29, 0.717) is 22.7 Å². The number of halogens is 2. The van der Waals surface area contributed by atoms with Gasteiger partial charge in [0.05, 0.1) is 35.2 Å². The highest BCUT2D eigenvalue weighted by atomic mass is 35.5. The van der Waals surface area contributed by atoms with Gasteiger partial charge in [-0.05, 0) is 53.9 Å². The van der Waals surface area contributed by atoms with E-state index in [9.17, 15) is 4.79 Å². The molecule has 5 nitrogen and oxygen atoms in total. The lowest BCUT2D eigenvalue weighted by molar-refractivity contribution is -0.115. The highest BCUT2D eigenvalue weighted by Gasteiger charge is 2.15. The van der Waals surface area contributed by atoms with E-state index in [4.69, 9.17) is 37.9 Å². The van der Waals surface area contributed by atoms with Gasteiger partial charge in [0, 0.05) is 11.3 Å². The third-order valence-corrected chi connectivity index (χ3v) is 5.31. The summed E-state index contributed by atoms with van der Waals surface area (Å²) < 4.78 is 11.4. The molecule has 0 atom stereocenters. The summed E-state index contributed by atoms with van der Waals surface area (Å²) in [7, 11) is 1.63. The Balaban J connectivity index is 1.76. The maximum atomic E-state index is 12.4. The second-order valence-corrected chi connectivity index (χ2v) is 8.28. The summed E-state index contributed by atoms with van der Waals surface area (Å²) >= 11 is 12.8. The average molecular weight is 469 g/mol. The monoisotopic (exact) mass is 468 g/mol. The molecule has 0 unspecified atom stereocenters. The molecule has 0 aliphatic carbocycles. The van der Waals surface area contributed by atoms with Gasteiger partial charge in [-0.15, -0.1) is 0 Å². The predicted octanol–water partition coefficient (Wildman–Crippen LogP) is 6.97. The lowest BCUT2D eigenvalue weighted by atomic mass is 10.0. The van der Waals surface area contributed by atoms with Crippen molar-refractivity contribution >= 4 is 34.8 Å². The van der Waals surface area contributed by atoms with E-state index in [1.165, 1.54) is 0 Å². The van der Waals surface area contributed by atoms with Crippen molar-refractivity contribution in [3.63, 3.8) is 0 Å². The number of nitriles is 1. The van der Waals surface area contributed by atoms with Crippen molar-refractivity contribution in [2.75, 3.05) is 12.4 Å². The van der Waals surface area contributed by atoms with Crippen LogP contribution in [0.1, 0.15) is 36.5 Å². The van der Waals surface area contributed by atoms with Crippen molar-refractivity contribution in [1.29, 1.82) is 5.26 Å². The van der Waals surface area contributed by atoms with E-state index in [1.807, 2.05) is 12.1 Å². The van der Waals surface area contributed by atoms with Crippen molar-refractivity contribution < 1.29 is 14.3 Å². The Labute approximate surface area is 197 Å². The Morgan fingerprint density at radius 1 is 1.09 bits per heavy atom. The van der Waals surface area contributed by atoms with Gasteiger partial charge in [-0.3, -0.25) is 4.79 Å². The second-order valence-electron chi connectivity index (χ2n) is 7.47. The van der Waals surface area contributed by atoms with E-state index < -0.39 is 0 Å². The maximum Gasteiger partial charge on any atom is 0.228 e. The average Bonchev–Trinajstić information content (AvgIpc) is 2.76. The van der Waals surface area contributed by atoms with Gasteiger partial charge in [-0.2, -0.15) is 5.26 Å². The lowest BCUT2D eigenvalue weighted by Crippen LogP contribution is -2.14. The van der Waals surface area contributed by atoms with Crippen LogP contribution in [0.3, 0.4) is 0 Å². The molecule has 7 heteroatoms. The maximum absolute atomic E-state index is 12.4. The number of benzene rings is 3. The zero-order chi connectivity index (χ0) is 23.3. The first kappa shape index (κ1) is 23.5. The van der Waals surface area contributed by atoms with Gasteiger partial charge in [0.15, 0.2) is 5.75 Å². The standard InChI is InChI=1S/C25H22Cl2N2O3/c1-15(2)20-13-19(7-8-23(20)31-3)32-25-21(26)11-18(12-22(25)27)29-24(30)10-16-5-4-6-17(9-16)14-28/h4-9,11-13,15H,10H2,1-3H3,(H,29,30). The molecule has 3 rings (SSSR count). The molecule has 0 bridgehead atoms. The first-order chi connectivity index (χ1) is 15.3. The molecule has 0 aliphatic heterocycles. The fourth-order valence-electron chi connectivity index (χ4n) is 3.22. The highest BCUT2D eigenvalue weighted by Crippen LogP contribution is 2.40. The molecule has 1 N–H and O–H groups in total. The number of anilines is 1. The first-order valence-electron chi connectivity index (χ1n) is 9.94. The van der Waals surface area contributed by atoms with Crippen molar-refractivity contribution in [2.24, 2.45) is 0 Å². The quantitative estimate of drug-likeness (QED) is 0.406. The molecular weight excluding hydrogens is 447 g/mol. The van der Waals surface area contributed by atoms with Crippen LogP contribution >= 0.6 is 23.2 Å². The summed E-state index contributed by atoms with van der Waals surface area (Å²) in [6.07, 6.45) is 0.118. The molecule has 0 saturated carbocycles. The van der Waals surface area contributed by atoms with E-state index in [2.05, 4.69) is 25.2 Å². The van der Waals surface area contributed by atoms with Gasteiger partial charge in [0.2, 0.25) is 5.91 Å². The fraction of sp³-hybridized carbons (Fsp3) is 0.200. The molecule has 164 valence electrons. The Hall–Kier alpha value is -3.20. The summed E-state index contributed by atoms with van der Waals surface area (Å²) in [5.41, 5.74) is 2.69. The third kappa shape index (κ3) is 5.73. The molecule has 0 aromatic heterocycles. The van der Waals surface area contributed by atoms with Gasteiger partial charge >= 0.3 is 0 Å². The molecule has 0 radical (unpaired) electrons. The molecule has 0 aliphatic rings. The molecule has 3 aromatic rings. The zero-order valence-corrected chi connectivity index (χ0v) is 19.4. The minimum absolute atomic E-state index is 0.118. The van der Waals surface area contributed by atoms with Crippen molar-refractivity contribution in [1.82, 2.24) is 0 Å². The van der Waals surface area contributed by atoms with Gasteiger partial charge < -0.3 is 14.8 Å². The summed E-state index contributed by atoms with van der Waals surface area (Å²) in [6.45, 7) is 4.13. The van der Waals surface area contributed by atoms with Gasteiger partial charge in [0.1, 0.15) is 11.5 Å². The normalized spacial score (nSPS) is 10.5. The Morgan fingerprint density at radius 2 is 1.81 bits per heavy atom. The summed E-state index contributed by atoms with van der Waals surface area (Å²) in [6, 6.07) is 17.6. The molecule has 0 heterocycles. The number of nitrogens with zero attached hydrogens (tertiary/aromatic N) is 1. The number of hydrogen-bond donors (Lipinski definition) is 1. The van der Waals surface area contributed by atoms with Crippen LogP contribution in [0.15, 0.2) is 54.6 Å². The lowest BCUT2D eigenvalue weighted by Gasteiger charge is -2.16. The highest BCUT2D eigenvalue weighted by molar-refractivity contribution is 6.37. The zero-order valence-electron chi connectivity index (χ0n) is 17.9. The number of methoxy groups -OCH3 is 1. The number of hydrogen-bond acceptors (Lipinski definition) is 4. The topological polar surface area (TPSA) is 71.3 Å². The van der Waals surface area contributed by atoms with Crippen molar-refractivity contribution in [2.45, 2.75) is 26.2 Å². The third-order valence-electron chi connectivity index (χ3n) is 4.75. The number of nitrogens with one attached hydrogen (secondary N) is 1. The van der Waals surface area contributed by atoms with Gasteiger partial charge in [-0.1, -0.05) is 49.2 Å². The van der Waals surface area contributed by atoms with Gasteiger partial charge in [0.25, 0.3) is 0 Å². The molecule has 0 spiro atoms. The fourth-order valence-corrected chi connectivity index (χ4v) is 3.78. The van der Waals surface area contributed by atoms with Crippen LogP contribution in [0, 0.1) is 11.3 Å². The summed E-state index contributed by atoms with van der Waals surface area (Å²) in [5, 5.41) is 12.3. The van der Waals surface area contributed by atoms with Crippen LogP contribution in [-0.2, 0) is 11.2 Å². The number of carbonyl (C=O) groups excluding carboxylic acids is 1. The van der Waals surface area contributed by atoms with E-state index in [0.717, 1.165) is 16.9 Å². The molecule has 3 aromatic carbocycles. The van der Waals surface area contributed by atoms with Crippen LogP contribution in [0.25, 0.3) is 0 Å². The van der Waals surface area contributed by atoms with Crippen LogP contribution in [0.2, 0.25) is 10.0 Å². The summed E-state index contributed by atoms with van der Waals surface area (Å²) in [5.74, 6) is 1.65. The summed E-state index contributed by atoms with van der Waals surface area (Å²) in [4.78, 5) is 12.4. The van der Waals surface area contributed by atoms with Crippen LogP contribution in [-0.4, -0.2) is 13.0 Å². The number of carbonyl (C=O) groups is 1. The van der Waals surface area contributed by atoms with Crippen LogP contribution < -0.4 is 14.8 Å². The van der Waals surface area contributed by atoms with Crippen molar-refractivity contribution in [3.8, 4) is 23.3 Å². The smallest absolute Gasteiger partial charge is 0.228 e. The first-order valence-corrected chi connectivity index (χ1v) is 10.7. The largest absolute Gasteiger partial charge is 0.496 e. The SMILES string of the molecule is COc1ccc(Oc2c(Cl)cc(NC(=O)Cc3cccc(C#N)c3)cc2Cl)cc1C(C)C. The van der Waals surface area contributed by atoms with E-state index in [1.54, 1.807) is 49.6 Å². The minimum atomic E-state index is -0.252. The minimum Gasteiger partial charge on any atom is -0.496 e. The van der Waals surface area contributed by atoms with Crippen LogP contribution in [0.5, 0.6) is 17.2 Å². The predicted molar refractivity (Wildman–Crippen MR) is 127 cm³/mol. The molecular formula is C25H22Cl2N2O3. The number of rotatable bonds is 7. The second kappa shape index (κ2) is 10.4. The van der Waals surface area contributed by atoms with E-state index in [-0.39, 0.29) is 28.3 Å². The molecule has 32 heavy (non-hydrogen) atoms. The number of amides is 1. The number of ether oxygens (including phenoxy) is 2. The Bertz CT molecular complexity index is 1160. The Kier molecular flexibility index (Phi) is 7.63. The molecule has 1 amide bonds. The Morgan fingerprint density at radius 3 is 2.44 bits per heavy atom. The van der Waals surface area contributed by atoms with Crippen molar-refractivity contribution in [3.05, 3.63) is 81.3 Å². The van der Waals surface area contributed by atoms with Gasteiger partial charge in [-0.25, -0.2) is 0 Å². The molecule has 0 saturated heterocycles. The van der Waals surface area contributed by atoms with E-state index >= 15 is 0 Å². The molecule has 0 fully saturated rings.